The van der Waals surface area contributed by atoms with Gasteiger partial charge in [0.25, 0.3) is 5.91 Å². The highest BCUT2D eigenvalue weighted by atomic mass is 35.5. The standard InChI is InChI=1S/C16H25N3O2.ClH/c1-5-19(6-2)16(21)13-8-7-9-14(10-13)18-15(20)12(3)11-17-4;/h7-10,12,17H,5-6,11H2,1-4H3,(H,18,20);1H. The van der Waals surface area contributed by atoms with Gasteiger partial charge in [-0.15, -0.1) is 12.4 Å². The summed E-state index contributed by atoms with van der Waals surface area (Å²) in [6, 6.07) is 7.08. The molecule has 0 saturated heterocycles. The number of carbonyl (C=O) groups excluding carboxylic acids is 2. The SMILES string of the molecule is CCN(CC)C(=O)c1cccc(NC(=O)C(C)CNC)c1.Cl. The lowest BCUT2D eigenvalue weighted by molar-refractivity contribution is -0.119. The zero-order valence-electron chi connectivity index (χ0n) is 13.7. The topological polar surface area (TPSA) is 61.4 Å². The van der Waals surface area contributed by atoms with Crippen molar-refractivity contribution in [3.8, 4) is 0 Å². The van der Waals surface area contributed by atoms with E-state index in [1.54, 1.807) is 29.2 Å². The lowest BCUT2D eigenvalue weighted by atomic mass is 10.1. The van der Waals surface area contributed by atoms with Crippen molar-refractivity contribution >= 4 is 29.9 Å². The number of hydrogen-bond acceptors (Lipinski definition) is 3. The Hall–Kier alpha value is -1.59. The molecule has 0 spiro atoms. The summed E-state index contributed by atoms with van der Waals surface area (Å²) in [5.41, 5.74) is 1.25. The van der Waals surface area contributed by atoms with Crippen molar-refractivity contribution in [1.82, 2.24) is 10.2 Å². The molecule has 0 bridgehead atoms. The average molecular weight is 328 g/mol. The van der Waals surface area contributed by atoms with Gasteiger partial charge in [0.05, 0.1) is 0 Å². The van der Waals surface area contributed by atoms with Crippen molar-refractivity contribution in [1.29, 1.82) is 0 Å². The van der Waals surface area contributed by atoms with Gasteiger partial charge in [-0.3, -0.25) is 9.59 Å². The van der Waals surface area contributed by atoms with Crippen LogP contribution in [0.2, 0.25) is 0 Å². The molecule has 1 unspecified atom stereocenters. The summed E-state index contributed by atoms with van der Waals surface area (Å²) in [7, 11) is 1.81. The van der Waals surface area contributed by atoms with Gasteiger partial charge in [0.2, 0.25) is 5.91 Å². The third-order valence-corrected chi connectivity index (χ3v) is 3.39. The van der Waals surface area contributed by atoms with Crippen LogP contribution in [0.4, 0.5) is 5.69 Å². The minimum atomic E-state index is -0.128. The molecule has 0 fully saturated rings. The summed E-state index contributed by atoms with van der Waals surface area (Å²) >= 11 is 0. The minimum absolute atomic E-state index is 0. The average Bonchev–Trinajstić information content (AvgIpc) is 2.48. The molecule has 1 aromatic rings. The molecule has 2 N–H and O–H groups in total. The van der Waals surface area contributed by atoms with Gasteiger partial charge in [-0.1, -0.05) is 13.0 Å². The number of benzene rings is 1. The molecule has 1 atom stereocenters. The molecule has 1 aromatic carbocycles. The van der Waals surface area contributed by atoms with Gasteiger partial charge in [0.15, 0.2) is 0 Å². The number of anilines is 1. The molecule has 0 aromatic heterocycles. The maximum absolute atomic E-state index is 12.3. The van der Waals surface area contributed by atoms with Crippen LogP contribution in [-0.2, 0) is 4.79 Å². The van der Waals surface area contributed by atoms with Crippen molar-refractivity contribution in [2.24, 2.45) is 5.92 Å². The van der Waals surface area contributed by atoms with Crippen molar-refractivity contribution < 1.29 is 9.59 Å². The number of nitrogens with one attached hydrogen (secondary N) is 2. The Morgan fingerprint density at radius 1 is 1.23 bits per heavy atom. The molecule has 1 rings (SSSR count). The van der Waals surface area contributed by atoms with Gasteiger partial charge in [-0.05, 0) is 39.1 Å². The van der Waals surface area contributed by atoms with Crippen molar-refractivity contribution in [3.63, 3.8) is 0 Å². The van der Waals surface area contributed by atoms with Crippen LogP contribution in [0.5, 0.6) is 0 Å². The van der Waals surface area contributed by atoms with Crippen molar-refractivity contribution in [3.05, 3.63) is 29.8 Å². The summed E-state index contributed by atoms with van der Waals surface area (Å²) in [6.07, 6.45) is 0. The molecule has 0 radical (unpaired) electrons. The van der Waals surface area contributed by atoms with Gasteiger partial charge in [0.1, 0.15) is 0 Å². The summed E-state index contributed by atoms with van der Waals surface area (Å²) in [5, 5.41) is 5.82. The van der Waals surface area contributed by atoms with Crippen LogP contribution in [0.1, 0.15) is 31.1 Å². The van der Waals surface area contributed by atoms with Crippen LogP contribution in [0.3, 0.4) is 0 Å². The zero-order chi connectivity index (χ0) is 15.8. The normalized spacial score (nSPS) is 11.3. The maximum Gasteiger partial charge on any atom is 0.253 e. The van der Waals surface area contributed by atoms with Gasteiger partial charge >= 0.3 is 0 Å². The first-order chi connectivity index (χ1) is 10.0. The van der Waals surface area contributed by atoms with Crippen LogP contribution in [0.15, 0.2) is 24.3 Å². The molecule has 2 amide bonds. The summed E-state index contributed by atoms with van der Waals surface area (Å²) in [5.74, 6) is -0.201. The number of hydrogen-bond donors (Lipinski definition) is 2. The Morgan fingerprint density at radius 2 is 1.86 bits per heavy atom. The Morgan fingerprint density at radius 3 is 2.41 bits per heavy atom. The second-order valence-electron chi connectivity index (χ2n) is 5.01. The second-order valence-corrected chi connectivity index (χ2v) is 5.01. The molecule has 0 aliphatic heterocycles. The van der Waals surface area contributed by atoms with E-state index in [0.717, 1.165) is 0 Å². The first-order valence-electron chi connectivity index (χ1n) is 7.38. The highest BCUT2D eigenvalue weighted by Crippen LogP contribution is 2.14. The van der Waals surface area contributed by atoms with Crippen LogP contribution >= 0.6 is 12.4 Å². The second kappa shape index (κ2) is 10.2. The Bertz CT molecular complexity index is 490. The van der Waals surface area contributed by atoms with E-state index in [9.17, 15) is 9.59 Å². The first-order valence-corrected chi connectivity index (χ1v) is 7.38. The van der Waals surface area contributed by atoms with Gasteiger partial charge in [-0.25, -0.2) is 0 Å². The largest absolute Gasteiger partial charge is 0.339 e. The highest BCUT2D eigenvalue weighted by Gasteiger charge is 2.15. The van der Waals surface area contributed by atoms with Crippen molar-refractivity contribution in [2.45, 2.75) is 20.8 Å². The molecule has 0 aliphatic rings. The number of nitrogens with zero attached hydrogens (tertiary/aromatic N) is 1. The lowest BCUT2D eigenvalue weighted by Crippen LogP contribution is -2.31. The molecule has 6 heteroatoms. The van der Waals surface area contributed by atoms with E-state index in [2.05, 4.69) is 10.6 Å². The third kappa shape index (κ3) is 5.66. The quantitative estimate of drug-likeness (QED) is 0.808. The molecule has 124 valence electrons. The van der Waals surface area contributed by atoms with Crippen LogP contribution in [-0.4, -0.2) is 43.4 Å². The maximum atomic E-state index is 12.3. The van der Waals surface area contributed by atoms with Crippen LogP contribution in [0.25, 0.3) is 0 Å². The monoisotopic (exact) mass is 327 g/mol. The van der Waals surface area contributed by atoms with E-state index < -0.39 is 0 Å². The predicted octanol–water partition coefficient (Wildman–Crippen LogP) is 2.38. The molecular formula is C16H26ClN3O2. The molecule has 0 heterocycles. The van der Waals surface area contributed by atoms with E-state index in [0.29, 0.717) is 30.9 Å². The Labute approximate surface area is 138 Å². The van der Waals surface area contributed by atoms with Crippen LogP contribution < -0.4 is 10.6 Å². The summed E-state index contributed by atoms with van der Waals surface area (Å²) in [6.45, 7) is 7.72. The molecule has 0 saturated carbocycles. The number of rotatable bonds is 7. The van der Waals surface area contributed by atoms with E-state index in [1.807, 2.05) is 27.8 Å². The summed E-state index contributed by atoms with van der Waals surface area (Å²) in [4.78, 5) is 26.0. The van der Waals surface area contributed by atoms with Crippen molar-refractivity contribution in [2.75, 3.05) is 32.0 Å². The minimum Gasteiger partial charge on any atom is -0.339 e. The molecular weight excluding hydrogens is 302 g/mol. The van der Waals surface area contributed by atoms with Crippen LogP contribution in [0, 0.1) is 5.92 Å². The summed E-state index contributed by atoms with van der Waals surface area (Å²) < 4.78 is 0. The fraction of sp³-hybridized carbons (Fsp3) is 0.500. The highest BCUT2D eigenvalue weighted by molar-refractivity contribution is 5.97. The zero-order valence-corrected chi connectivity index (χ0v) is 14.5. The van der Waals surface area contributed by atoms with Gasteiger partial charge < -0.3 is 15.5 Å². The fourth-order valence-electron chi connectivity index (χ4n) is 2.09. The van der Waals surface area contributed by atoms with E-state index in [4.69, 9.17) is 0 Å². The van der Waals surface area contributed by atoms with E-state index >= 15 is 0 Å². The van der Waals surface area contributed by atoms with E-state index in [1.165, 1.54) is 0 Å². The fourth-order valence-corrected chi connectivity index (χ4v) is 2.09. The van der Waals surface area contributed by atoms with Gasteiger partial charge in [-0.2, -0.15) is 0 Å². The number of carbonyl (C=O) groups is 2. The third-order valence-electron chi connectivity index (χ3n) is 3.39. The Kier molecular flexibility index (Phi) is 9.45. The lowest BCUT2D eigenvalue weighted by Gasteiger charge is -2.19. The number of halogens is 1. The molecule has 22 heavy (non-hydrogen) atoms. The molecule has 0 aliphatic carbocycles. The Balaban J connectivity index is 0.00000441. The smallest absolute Gasteiger partial charge is 0.253 e. The molecule has 5 nitrogen and oxygen atoms in total. The predicted molar refractivity (Wildman–Crippen MR) is 92.7 cm³/mol. The van der Waals surface area contributed by atoms with Gasteiger partial charge in [0, 0.05) is 36.8 Å². The van der Waals surface area contributed by atoms with E-state index in [-0.39, 0.29) is 30.1 Å². The first kappa shape index (κ1) is 20.4. The number of amides is 2.